The fourth-order valence-corrected chi connectivity index (χ4v) is 3.07. The van der Waals surface area contributed by atoms with E-state index in [4.69, 9.17) is 9.47 Å². The predicted molar refractivity (Wildman–Crippen MR) is 101 cm³/mol. The Kier molecular flexibility index (Phi) is 6.86. The lowest BCUT2D eigenvalue weighted by molar-refractivity contribution is -0.144. The summed E-state index contributed by atoms with van der Waals surface area (Å²) in [7, 11) is 0. The number of nitrogens with one attached hydrogen (secondary N) is 1. The second kappa shape index (κ2) is 9.36. The molecule has 0 radical (unpaired) electrons. The van der Waals surface area contributed by atoms with Crippen LogP contribution >= 0.6 is 0 Å². The van der Waals surface area contributed by atoms with Crippen molar-refractivity contribution in [3.63, 3.8) is 0 Å². The Hall–Kier alpha value is -2.46. The van der Waals surface area contributed by atoms with Gasteiger partial charge in [-0.15, -0.1) is 0 Å². The largest absolute Gasteiger partial charge is 0.462 e. The van der Waals surface area contributed by atoms with Gasteiger partial charge >= 0.3 is 12.1 Å². The summed E-state index contributed by atoms with van der Waals surface area (Å²) >= 11 is 0. The third-order valence-electron chi connectivity index (χ3n) is 4.51. The molecule has 0 amide bonds. The number of esters is 1. The molecule has 1 N–H and O–H groups in total. The van der Waals surface area contributed by atoms with Gasteiger partial charge in [-0.05, 0) is 38.1 Å². The van der Waals surface area contributed by atoms with Crippen molar-refractivity contribution in [3.05, 3.63) is 29.6 Å². The Balaban J connectivity index is 1.80. The van der Waals surface area contributed by atoms with Crippen molar-refractivity contribution >= 4 is 22.7 Å². The van der Waals surface area contributed by atoms with Crippen molar-refractivity contribution in [3.8, 4) is 0 Å². The number of rotatable bonds is 7. The monoisotopic (exact) mass is 412 g/mol. The van der Waals surface area contributed by atoms with Crippen LogP contribution in [0.1, 0.15) is 29.5 Å². The predicted octanol–water partition coefficient (Wildman–Crippen LogP) is 2.96. The van der Waals surface area contributed by atoms with E-state index in [-0.39, 0.29) is 23.5 Å². The topological polar surface area (TPSA) is 76.6 Å². The molecule has 1 aromatic carbocycles. The molecule has 7 nitrogen and oxygen atoms in total. The molecule has 29 heavy (non-hydrogen) atoms. The van der Waals surface area contributed by atoms with E-state index in [2.05, 4.69) is 20.2 Å². The Morgan fingerprint density at radius 2 is 2.03 bits per heavy atom. The van der Waals surface area contributed by atoms with Gasteiger partial charge in [0, 0.05) is 25.0 Å². The van der Waals surface area contributed by atoms with Crippen molar-refractivity contribution in [2.24, 2.45) is 0 Å². The molecule has 1 saturated heterocycles. The van der Waals surface area contributed by atoms with Gasteiger partial charge in [0.25, 0.3) is 0 Å². The van der Waals surface area contributed by atoms with Crippen LogP contribution in [0.25, 0.3) is 10.9 Å². The zero-order chi connectivity index (χ0) is 20.9. The molecule has 1 aliphatic heterocycles. The van der Waals surface area contributed by atoms with Gasteiger partial charge in [-0.3, -0.25) is 4.90 Å². The zero-order valence-corrected chi connectivity index (χ0v) is 16.1. The molecular weight excluding hydrogens is 389 g/mol. The normalized spacial score (nSPS) is 15.4. The van der Waals surface area contributed by atoms with E-state index in [1.165, 1.54) is 18.2 Å². The summed E-state index contributed by atoms with van der Waals surface area (Å²) in [6.45, 7) is 6.19. The molecular formula is C19H23F3N4O3. The molecule has 0 unspecified atom stereocenters. The molecule has 1 fully saturated rings. The summed E-state index contributed by atoms with van der Waals surface area (Å²) in [6, 6.07) is 4.23. The lowest BCUT2D eigenvalue weighted by atomic mass is 10.1. The Bertz CT molecular complexity index is 854. The van der Waals surface area contributed by atoms with Crippen LogP contribution in [0.5, 0.6) is 0 Å². The lowest BCUT2D eigenvalue weighted by Crippen LogP contribution is -2.37. The molecule has 2 aromatic rings. The molecule has 1 aromatic heterocycles. The van der Waals surface area contributed by atoms with Crippen LogP contribution in [0.3, 0.4) is 0 Å². The average molecular weight is 412 g/mol. The van der Waals surface area contributed by atoms with E-state index in [1.807, 2.05) is 0 Å². The number of nitrogens with zero attached hydrogens (tertiary/aromatic N) is 3. The molecule has 0 aliphatic carbocycles. The third-order valence-corrected chi connectivity index (χ3v) is 4.51. The summed E-state index contributed by atoms with van der Waals surface area (Å²) in [6.07, 6.45) is -3.94. The molecule has 2 heterocycles. The maximum atomic E-state index is 13.2. The Morgan fingerprint density at radius 1 is 1.28 bits per heavy atom. The van der Waals surface area contributed by atoms with Crippen molar-refractivity contribution in [2.75, 3.05) is 51.3 Å². The van der Waals surface area contributed by atoms with Crippen molar-refractivity contribution in [2.45, 2.75) is 19.5 Å². The molecule has 1 aliphatic rings. The molecule has 0 atom stereocenters. The van der Waals surface area contributed by atoms with Crippen LogP contribution < -0.4 is 5.32 Å². The number of hydrogen-bond donors (Lipinski definition) is 1. The molecule has 10 heteroatoms. The molecule has 158 valence electrons. The second-order valence-corrected chi connectivity index (χ2v) is 6.58. The minimum absolute atomic E-state index is 0.0513. The summed E-state index contributed by atoms with van der Waals surface area (Å²) < 4.78 is 49.8. The first kappa shape index (κ1) is 21.3. The van der Waals surface area contributed by atoms with Gasteiger partial charge in [-0.1, -0.05) is 0 Å². The van der Waals surface area contributed by atoms with Gasteiger partial charge in [-0.25, -0.2) is 14.8 Å². The maximum Gasteiger partial charge on any atom is 0.451 e. The van der Waals surface area contributed by atoms with E-state index in [1.54, 1.807) is 6.92 Å². The van der Waals surface area contributed by atoms with Crippen LogP contribution in [0, 0.1) is 0 Å². The fourth-order valence-electron chi connectivity index (χ4n) is 3.07. The average Bonchev–Trinajstić information content (AvgIpc) is 2.71. The highest BCUT2D eigenvalue weighted by Crippen LogP contribution is 2.30. The van der Waals surface area contributed by atoms with E-state index in [0.717, 1.165) is 26.1 Å². The van der Waals surface area contributed by atoms with Gasteiger partial charge in [0.2, 0.25) is 5.82 Å². The number of benzene rings is 1. The number of hydrogen-bond acceptors (Lipinski definition) is 7. The van der Waals surface area contributed by atoms with Crippen molar-refractivity contribution in [1.29, 1.82) is 0 Å². The number of carbonyl (C=O) groups is 1. The van der Waals surface area contributed by atoms with Gasteiger partial charge in [0.1, 0.15) is 5.82 Å². The molecule has 3 rings (SSSR count). The number of fused-ring (bicyclic) bond motifs is 1. The molecule has 0 saturated carbocycles. The van der Waals surface area contributed by atoms with Crippen LogP contribution in [0.2, 0.25) is 0 Å². The first-order chi connectivity index (χ1) is 13.9. The molecule has 0 spiro atoms. The van der Waals surface area contributed by atoms with E-state index in [0.29, 0.717) is 25.1 Å². The smallest absolute Gasteiger partial charge is 0.451 e. The SMILES string of the molecule is CCOC(=O)c1ccc2nc(C(F)(F)F)nc(NCCCN3CCOCC3)c2c1. The number of anilines is 1. The van der Waals surface area contributed by atoms with Gasteiger partial charge in [0.15, 0.2) is 0 Å². The number of morpholine rings is 1. The Labute approximate surface area is 166 Å². The Morgan fingerprint density at radius 3 is 2.72 bits per heavy atom. The highest BCUT2D eigenvalue weighted by molar-refractivity contribution is 5.97. The number of alkyl halides is 3. The van der Waals surface area contributed by atoms with E-state index >= 15 is 0 Å². The first-order valence-electron chi connectivity index (χ1n) is 9.48. The lowest BCUT2D eigenvalue weighted by Gasteiger charge is -2.26. The minimum Gasteiger partial charge on any atom is -0.462 e. The molecule has 0 bridgehead atoms. The maximum absolute atomic E-state index is 13.2. The standard InChI is InChI=1S/C19H23F3N4O3/c1-2-29-17(27)13-4-5-15-14(12-13)16(25-18(24-15)19(20,21)22)23-6-3-7-26-8-10-28-11-9-26/h4-5,12H,2-3,6-11H2,1H3,(H,23,24,25). The van der Waals surface area contributed by atoms with Crippen LogP contribution in [-0.4, -0.2) is 66.8 Å². The van der Waals surface area contributed by atoms with Crippen LogP contribution in [0.15, 0.2) is 18.2 Å². The summed E-state index contributed by atoms with van der Waals surface area (Å²) in [5.74, 6) is -1.72. The van der Waals surface area contributed by atoms with Gasteiger partial charge in [0.05, 0.1) is 30.9 Å². The van der Waals surface area contributed by atoms with Crippen LogP contribution in [-0.2, 0) is 15.7 Å². The number of ether oxygens (including phenoxy) is 2. The summed E-state index contributed by atoms with van der Waals surface area (Å²) in [4.78, 5) is 21.5. The minimum atomic E-state index is -4.67. The van der Waals surface area contributed by atoms with Crippen molar-refractivity contribution < 1.29 is 27.4 Å². The van der Waals surface area contributed by atoms with E-state index in [9.17, 15) is 18.0 Å². The second-order valence-electron chi connectivity index (χ2n) is 6.58. The first-order valence-corrected chi connectivity index (χ1v) is 9.48. The van der Waals surface area contributed by atoms with Crippen LogP contribution in [0.4, 0.5) is 19.0 Å². The fraction of sp³-hybridized carbons (Fsp3) is 0.526. The summed E-state index contributed by atoms with van der Waals surface area (Å²) in [5.41, 5.74) is 0.343. The third kappa shape index (κ3) is 5.54. The van der Waals surface area contributed by atoms with E-state index < -0.39 is 18.0 Å². The van der Waals surface area contributed by atoms with Gasteiger partial charge in [-0.2, -0.15) is 13.2 Å². The zero-order valence-electron chi connectivity index (χ0n) is 16.1. The summed E-state index contributed by atoms with van der Waals surface area (Å²) in [5, 5.41) is 3.32. The van der Waals surface area contributed by atoms with Crippen molar-refractivity contribution in [1.82, 2.24) is 14.9 Å². The number of carbonyl (C=O) groups excluding carboxylic acids is 1. The highest BCUT2D eigenvalue weighted by Gasteiger charge is 2.35. The number of halogens is 3. The number of aromatic nitrogens is 2. The van der Waals surface area contributed by atoms with Gasteiger partial charge < -0.3 is 14.8 Å². The quantitative estimate of drug-likeness (QED) is 0.553. The highest BCUT2D eigenvalue weighted by atomic mass is 19.4.